The van der Waals surface area contributed by atoms with E-state index in [4.69, 9.17) is 18.0 Å². The van der Waals surface area contributed by atoms with Crippen LogP contribution in [-0.4, -0.2) is 29.1 Å². The number of aromatic nitrogens is 1. The predicted molar refractivity (Wildman–Crippen MR) is 83.2 cm³/mol. The number of pyridine rings is 1. The Morgan fingerprint density at radius 2 is 2.32 bits per heavy atom. The maximum Gasteiger partial charge on any atom is 0.194 e. The monoisotopic (exact) mass is 279 g/mol. The smallest absolute Gasteiger partial charge is 0.194 e. The summed E-state index contributed by atoms with van der Waals surface area (Å²) in [5.74, 6) is 0.348. The Kier molecular flexibility index (Phi) is 6.81. The van der Waals surface area contributed by atoms with Crippen LogP contribution in [0.4, 0.5) is 0 Å². The number of thiocarbonyl (C=S) groups is 1. The Morgan fingerprint density at radius 1 is 1.53 bits per heavy atom. The van der Waals surface area contributed by atoms with E-state index in [0.717, 1.165) is 25.1 Å². The fourth-order valence-electron chi connectivity index (χ4n) is 1.61. The predicted octanol–water partition coefficient (Wildman–Crippen LogP) is 1.12. The van der Waals surface area contributed by atoms with Crippen LogP contribution in [0.3, 0.4) is 0 Å². The number of guanidine groups is 1. The lowest BCUT2D eigenvalue weighted by Crippen LogP contribution is -2.43. The van der Waals surface area contributed by atoms with Crippen molar-refractivity contribution in [3.8, 4) is 0 Å². The number of aryl methyl sites for hydroxylation is 2. The third-order valence-electron chi connectivity index (χ3n) is 2.56. The first-order chi connectivity index (χ1) is 9.13. The van der Waals surface area contributed by atoms with Gasteiger partial charge in [0.15, 0.2) is 11.1 Å². The molecule has 5 nitrogen and oxygen atoms in total. The molecule has 4 N–H and O–H groups in total. The molecule has 0 amide bonds. The van der Waals surface area contributed by atoms with Gasteiger partial charge in [-0.3, -0.25) is 9.98 Å². The second-order valence-corrected chi connectivity index (χ2v) is 4.52. The van der Waals surface area contributed by atoms with Crippen molar-refractivity contribution < 1.29 is 0 Å². The molecule has 0 atom stereocenters. The molecule has 19 heavy (non-hydrogen) atoms. The number of hydrogen-bond donors (Lipinski definition) is 3. The van der Waals surface area contributed by atoms with Crippen molar-refractivity contribution in [2.24, 2.45) is 10.7 Å². The Morgan fingerprint density at radius 3 is 3.00 bits per heavy atom. The van der Waals surface area contributed by atoms with Crippen LogP contribution < -0.4 is 16.4 Å². The minimum Gasteiger partial charge on any atom is -0.370 e. The van der Waals surface area contributed by atoms with Gasteiger partial charge in [0, 0.05) is 25.0 Å². The lowest BCUT2D eigenvalue weighted by molar-refractivity contribution is 0.753. The fraction of sp³-hybridized carbons (Fsp3) is 0.462. The molecule has 0 spiro atoms. The standard InChI is InChI=1S/C13H21N5S/c1-3-15-12(14)18-13(19)17-9-5-7-11-10(2)6-4-8-16-11/h4,6,8H,3,5,7,9H2,1-2H3,(H4,14,15,17,18,19). The van der Waals surface area contributed by atoms with Gasteiger partial charge in [0.05, 0.1) is 0 Å². The molecular weight excluding hydrogens is 258 g/mol. The molecule has 0 bridgehead atoms. The van der Waals surface area contributed by atoms with Gasteiger partial charge < -0.3 is 16.4 Å². The highest BCUT2D eigenvalue weighted by Gasteiger charge is 2.00. The summed E-state index contributed by atoms with van der Waals surface area (Å²) in [6, 6.07) is 4.02. The van der Waals surface area contributed by atoms with E-state index in [2.05, 4.69) is 33.6 Å². The molecule has 6 heteroatoms. The molecular formula is C13H21N5S. The van der Waals surface area contributed by atoms with Crippen molar-refractivity contribution in [1.29, 1.82) is 0 Å². The average molecular weight is 279 g/mol. The second kappa shape index (κ2) is 8.42. The Hall–Kier alpha value is -1.69. The van der Waals surface area contributed by atoms with E-state index in [9.17, 15) is 0 Å². The van der Waals surface area contributed by atoms with Crippen LogP contribution in [-0.2, 0) is 6.42 Å². The van der Waals surface area contributed by atoms with Gasteiger partial charge >= 0.3 is 0 Å². The second-order valence-electron chi connectivity index (χ2n) is 4.11. The summed E-state index contributed by atoms with van der Waals surface area (Å²) >= 11 is 5.10. The lowest BCUT2D eigenvalue weighted by Gasteiger charge is -2.10. The van der Waals surface area contributed by atoms with Gasteiger partial charge in [0.25, 0.3) is 0 Å². The highest BCUT2D eigenvalue weighted by atomic mass is 32.1. The third kappa shape index (κ3) is 6.15. The van der Waals surface area contributed by atoms with Gasteiger partial charge in [0.2, 0.25) is 0 Å². The number of nitrogens with one attached hydrogen (secondary N) is 2. The van der Waals surface area contributed by atoms with E-state index < -0.39 is 0 Å². The van der Waals surface area contributed by atoms with Crippen LogP contribution in [0.5, 0.6) is 0 Å². The molecule has 0 saturated heterocycles. The zero-order valence-electron chi connectivity index (χ0n) is 11.4. The summed E-state index contributed by atoms with van der Waals surface area (Å²) in [5, 5.41) is 6.42. The molecule has 0 unspecified atom stereocenters. The van der Waals surface area contributed by atoms with E-state index >= 15 is 0 Å². The van der Waals surface area contributed by atoms with Crippen LogP contribution in [0.2, 0.25) is 0 Å². The van der Waals surface area contributed by atoms with Crippen LogP contribution in [0.15, 0.2) is 23.3 Å². The molecule has 0 fully saturated rings. The van der Waals surface area contributed by atoms with E-state index in [-0.39, 0.29) is 0 Å². The first-order valence-electron chi connectivity index (χ1n) is 6.38. The molecule has 0 saturated carbocycles. The fourth-order valence-corrected chi connectivity index (χ4v) is 1.81. The first-order valence-corrected chi connectivity index (χ1v) is 6.79. The number of nitrogens with zero attached hydrogens (tertiary/aromatic N) is 2. The van der Waals surface area contributed by atoms with Crippen molar-refractivity contribution in [3.63, 3.8) is 0 Å². The summed E-state index contributed by atoms with van der Waals surface area (Å²) in [4.78, 5) is 8.35. The molecule has 1 aromatic heterocycles. The van der Waals surface area contributed by atoms with E-state index in [1.807, 2.05) is 19.2 Å². The van der Waals surface area contributed by atoms with Crippen molar-refractivity contribution in [2.75, 3.05) is 13.1 Å². The van der Waals surface area contributed by atoms with Crippen molar-refractivity contribution in [1.82, 2.24) is 15.6 Å². The minimum atomic E-state index is 0.348. The molecule has 0 aliphatic carbocycles. The zero-order chi connectivity index (χ0) is 14.1. The van der Waals surface area contributed by atoms with Crippen molar-refractivity contribution in [3.05, 3.63) is 29.6 Å². The summed E-state index contributed by atoms with van der Waals surface area (Å²) in [6.45, 7) is 5.41. The molecule has 1 aromatic rings. The molecule has 0 aliphatic heterocycles. The van der Waals surface area contributed by atoms with Gasteiger partial charge in [-0.05, 0) is 50.5 Å². The van der Waals surface area contributed by atoms with Crippen molar-refractivity contribution in [2.45, 2.75) is 26.7 Å². The maximum atomic E-state index is 5.60. The summed E-state index contributed by atoms with van der Waals surface area (Å²) in [6.07, 6.45) is 3.72. The zero-order valence-corrected chi connectivity index (χ0v) is 12.3. The Bertz CT molecular complexity index is 444. The summed E-state index contributed by atoms with van der Waals surface area (Å²) < 4.78 is 0. The van der Waals surface area contributed by atoms with Gasteiger partial charge in [-0.1, -0.05) is 6.07 Å². The molecule has 0 aliphatic rings. The normalized spacial score (nSPS) is 11.2. The largest absolute Gasteiger partial charge is 0.370 e. The quantitative estimate of drug-likeness (QED) is 0.326. The van der Waals surface area contributed by atoms with Crippen LogP contribution in [0, 0.1) is 6.92 Å². The number of hydrogen-bond acceptors (Lipinski definition) is 3. The number of aliphatic imine (C=N–C) groups is 1. The van der Waals surface area contributed by atoms with Gasteiger partial charge in [0.1, 0.15) is 0 Å². The Balaban J connectivity index is 2.23. The molecule has 0 radical (unpaired) electrons. The van der Waals surface area contributed by atoms with Gasteiger partial charge in [-0.25, -0.2) is 0 Å². The van der Waals surface area contributed by atoms with Crippen molar-refractivity contribution >= 4 is 23.3 Å². The Labute approximate surface area is 119 Å². The number of nitrogens with two attached hydrogens (primary N) is 1. The van der Waals surface area contributed by atoms with Crippen LogP contribution in [0.25, 0.3) is 0 Å². The average Bonchev–Trinajstić information content (AvgIpc) is 2.36. The minimum absolute atomic E-state index is 0.348. The van der Waals surface area contributed by atoms with E-state index in [0.29, 0.717) is 17.6 Å². The van der Waals surface area contributed by atoms with Crippen LogP contribution in [0.1, 0.15) is 24.6 Å². The maximum absolute atomic E-state index is 5.60. The number of rotatable bonds is 5. The first kappa shape index (κ1) is 15.4. The molecule has 1 heterocycles. The third-order valence-corrected chi connectivity index (χ3v) is 2.81. The van der Waals surface area contributed by atoms with E-state index in [1.165, 1.54) is 5.56 Å². The topological polar surface area (TPSA) is 75.3 Å². The van der Waals surface area contributed by atoms with Gasteiger partial charge in [-0.15, -0.1) is 0 Å². The summed E-state index contributed by atoms with van der Waals surface area (Å²) in [7, 11) is 0. The highest BCUT2D eigenvalue weighted by Crippen LogP contribution is 2.05. The van der Waals surface area contributed by atoms with Crippen LogP contribution >= 0.6 is 12.2 Å². The summed E-state index contributed by atoms with van der Waals surface area (Å²) in [5.41, 5.74) is 7.96. The highest BCUT2D eigenvalue weighted by molar-refractivity contribution is 7.80. The molecule has 1 rings (SSSR count). The van der Waals surface area contributed by atoms with Gasteiger partial charge in [-0.2, -0.15) is 0 Å². The lowest BCUT2D eigenvalue weighted by atomic mass is 10.1. The van der Waals surface area contributed by atoms with E-state index in [1.54, 1.807) is 0 Å². The molecule has 0 aromatic carbocycles. The SMILES string of the molecule is CCN=C(N)NC(=S)NCCCc1ncccc1C. The molecule has 104 valence electrons.